The summed E-state index contributed by atoms with van der Waals surface area (Å²) >= 11 is 0. The molecule has 9 heteroatoms. The third-order valence-electron chi connectivity index (χ3n) is 6.54. The van der Waals surface area contributed by atoms with E-state index >= 15 is 0 Å². The summed E-state index contributed by atoms with van der Waals surface area (Å²) < 4.78 is 16.7. The van der Waals surface area contributed by atoms with Crippen molar-refractivity contribution in [2.24, 2.45) is 0 Å². The molecule has 0 bridgehead atoms. The SMILES string of the molecule is COc1ccc(-c2ccc3c(N4CCOCC4C)nc(N4CCOC[C@@H]4C)nc3n2)cc1CO. The molecule has 5 rings (SSSR count). The predicted octanol–water partition coefficient (Wildman–Crippen LogP) is 2.64. The Hall–Kier alpha value is -3.01. The summed E-state index contributed by atoms with van der Waals surface area (Å²) in [6, 6.07) is 10.1. The van der Waals surface area contributed by atoms with Gasteiger partial charge in [-0.2, -0.15) is 9.97 Å². The maximum absolute atomic E-state index is 9.75. The zero-order chi connectivity index (χ0) is 23.7. The Bertz CT molecular complexity index is 1170. The van der Waals surface area contributed by atoms with E-state index in [4.69, 9.17) is 29.2 Å². The number of aliphatic hydroxyl groups is 1. The Morgan fingerprint density at radius 1 is 0.971 bits per heavy atom. The summed E-state index contributed by atoms with van der Waals surface area (Å²) in [6.45, 7) is 8.31. The fourth-order valence-electron chi connectivity index (χ4n) is 4.62. The largest absolute Gasteiger partial charge is 0.496 e. The molecule has 3 aromatic rings. The highest BCUT2D eigenvalue weighted by Crippen LogP contribution is 2.32. The van der Waals surface area contributed by atoms with Gasteiger partial charge in [0.15, 0.2) is 5.65 Å². The molecule has 4 heterocycles. The van der Waals surface area contributed by atoms with Crippen molar-refractivity contribution >= 4 is 22.8 Å². The van der Waals surface area contributed by atoms with Crippen LogP contribution >= 0.6 is 0 Å². The lowest BCUT2D eigenvalue weighted by atomic mass is 10.1. The molecule has 180 valence electrons. The standard InChI is InChI=1S/C25H31N5O4/c1-16-14-33-10-8-29(16)24-20-5-6-21(18-4-7-22(32-3)19(12-18)13-31)26-23(20)27-25(28-24)30-9-11-34-15-17(30)2/h4-7,12,16-17,31H,8-11,13-15H2,1-3H3/t16?,17-/m0/s1. The monoisotopic (exact) mass is 465 g/mol. The summed E-state index contributed by atoms with van der Waals surface area (Å²) in [7, 11) is 1.60. The van der Waals surface area contributed by atoms with Crippen LogP contribution in [0.25, 0.3) is 22.3 Å². The molecule has 0 amide bonds. The zero-order valence-corrected chi connectivity index (χ0v) is 19.9. The molecule has 0 radical (unpaired) electrons. The van der Waals surface area contributed by atoms with Crippen molar-refractivity contribution < 1.29 is 19.3 Å². The van der Waals surface area contributed by atoms with Crippen molar-refractivity contribution in [3.8, 4) is 17.0 Å². The summed E-state index contributed by atoms with van der Waals surface area (Å²) in [6.07, 6.45) is 0. The third kappa shape index (κ3) is 4.26. The van der Waals surface area contributed by atoms with E-state index in [2.05, 4.69) is 23.6 Å². The first-order valence-corrected chi connectivity index (χ1v) is 11.7. The van der Waals surface area contributed by atoms with E-state index in [1.807, 2.05) is 30.3 Å². The molecule has 2 aliphatic rings. The smallest absolute Gasteiger partial charge is 0.229 e. The topological polar surface area (TPSA) is 93.1 Å². The van der Waals surface area contributed by atoms with Gasteiger partial charge in [-0.15, -0.1) is 0 Å². The molecular formula is C25H31N5O4. The molecule has 9 nitrogen and oxygen atoms in total. The quantitative estimate of drug-likeness (QED) is 0.610. The van der Waals surface area contributed by atoms with Gasteiger partial charge in [-0.05, 0) is 44.2 Å². The molecule has 2 saturated heterocycles. The maximum atomic E-state index is 9.75. The molecule has 2 atom stereocenters. The number of fused-ring (bicyclic) bond motifs is 1. The van der Waals surface area contributed by atoms with Crippen molar-refractivity contribution in [3.63, 3.8) is 0 Å². The first kappa shape index (κ1) is 22.8. The Labute approximate surface area is 199 Å². The van der Waals surface area contributed by atoms with E-state index in [0.717, 1.165) is 41.1 Å². The van der Waals surface area contributed by atoms with Gasteiger partial charge in [0.25, 0.3) is 0 Å². The summed E-state index contributed by atoms with van der Waals surface area (Å²) in [5.74, 6) is 2.22. The van der Waals surface area contributed by atoms with Gasteiger partial charge in [0.2, 0.25) is 5.95 Å². The van der Waals surface area contributed by atoms with Crippen LogP contribution in [0.5, 0.6) is 5.75 Å². The minimum absolute atomic E-state index is 0.106. The van der Waals surface area contributed by atoms with E-state index in [1.54, 1.807) is 7.11 Å². The summed E-state index contributed by atoms with van der Waals surface area (Å²) in [4.78, 5) is 19.4. The van der Waals surface area contributed by atoms with Crippen molar-refractivity contribution in [2.45, 2.75) is 32.5 Å². The van der Waals surface area contributed by atoms with Crippen LogP contribution in [0.4, 0.5) is 11.8 Å². The fourth-order valence-corrected chi connectivity index (χ4v) is 4.62. The van der Waals surface area contributed by atoms with Gasteiger partial charge in [0.05, 0.1) is 63.3 Å². The van der Waals surface area contributed by atoms with Crippen molar-refractivity contribution in [1.29, 1.82) is 0 Å². The molecule has 0 saturated carbocycles. The minimum Gasteiger partial charge on any atom is -0.496 e. The van der Waals surface area contributed by atoms with Gasteiger partial charge in [-0.1, -0.05) is 0 Å². The number of hydrogen-bond donors (Lipinski definition) is 1. The Balaban J connectivity index is 1.64. The van der Waals surface area contributed by atoms with Gasteiger partial charge >= 0.3 is 0 Å². The average molecular weight is 466 g/mol. The second-order valence-corrected chi connectivity index (χ2v) is 8.83. The number of rotatable bonds is 5. The molecule has 2 aromatic heterocycles. The van der Waals surface area contributed by atoms with Crippen LogP contribution in [-0.4, -0.2) is 78.8 Å². The van der Waals surface area contributed by atoms with Crippen LogP contribution < -0.4 is 14.5 Å². The van der Waals surface area contributed by atoms with Crippen molar-refractivity contribution in [2.75, 3.05) is 56.4 Å². The molecule has 0 aliphatic carbocycles. The second kappa shape index (κ2) is 9.69. The highest BCUT2D eigenvalue weighted by atomic mass is 16.5. The molecule has 1 aromatic carbocycles. The molecule has 1 unspecified atom stereocenters. The number of hydrogen-bond acceptors (Lipinski definition) is 9. The Kier molecular flexibility index (Phi) is 6.49. The van der Waals surface area contributed by atoms with E-state index in [1.165, 1.54) is 0 Å². The van der Waals surface area contributed by atoms with Gasteiger partial charge in [-0.3, -0.25) is 0 Å². The van der Waals surface area contributed by atoms with E-state index in [9.17, 15) is 5.11 Å². The number of methoxy groups -OCH3 is 1. The van der Waals surface area contributed by atoms with Crippen molar-refractivity contribution in [3.05, 3.63) is 35.9 Å². The van der Waals surface area contributed by atoms with Crippen LogP contribution in [0.1, 0.15) is 19.4 Å². The van der Waals surface area contributed by atoms with E-state index < -0.39 is 0 Å². The first-order chi connectivity index (χ1) is 16.6. The average Bonchev–Trinajstić information content (AvgIpc) is 2.88. The van der Waals surface area contributed by atoms with Gasteiger partial charge in [0, 0.05) is 24.2 Å². The van der Waals surface area contributed by atoms with Crippen LogP contribution in [0.2, 0.25) is 0 Å². The highest BCUT2D eigenvalue weighted by molar-refractivity contribution is 5.90. The number of aromatic nitrogens is 3. The molecule has 2 fully saturated rings. The summed E-state index contributed by atoms with van der Waals surface area (Å²) in [5, 5.41) is 10.7. The van der Waals surface area contributed by atoms with Gasteiger partial charge < -0.3 is 29.1 Å². The lowest BCUT2D eigenvalue weighted by Crippen LogP contribution is -2.46. The molecule has 2 aliphatic heterocycles. The molecular weight excluding hydrogens is 434 g/mol. The molecule has 34 heavy (non-hydrogen) atoms. The highest BCUT2D eigenvalue weighted by Gasteiger charge is 2.27. The minimum atomic E-state index is -0.106. The third-order valence-corrected chi connectivity index (χ3v) is 6.54. The van der Waals surface area contributed by atoms with Crippen LogP contribution in [0.15, 0.2) is 30.3 Å². The lowest BCUT2D eigenvalue weighted by molar-refractivity contribution is 0.0973. The van der Waals surface area contributed by atoms with Crippen LogP contribution in [-0.2, 0) is 16.1 Å². The number of aliphatic hydroxyl groups excluding tert-OH is 1. The normalized spacial score (nSPS) is 21.2. The fraction of sp³-hybridized carbons (Fsp3) is 0.480. The van der Waals surface area contributed by atoms with Crippen LogP contribution in [0, 0.1) is 0 Å². The van der Waals surface area contributed by atoms with Gasteiger partial charge in [-0.25, -0.2) is 4.98 Å². The second-order valence-electron chi connectivity index (χ2n) is 8.83. The lowest BCUT2D eigenvalue weighted by Gasteiger charge is -2.37. The number of anilines is 2. The maximum Gasteiger partial charge on any atom is 0.229 e. The number of morpholine rings is 2. The number of ether oxygens (including phenoxy) is 3. The number of pyridine rings is 1. The van der Waals surface area contributed by atoms with E-state index in [0.29, 0.717) is 43.8 Å². The van der Waals surface area contributed by atoms with Gasteiger partial charge in [0.1, 0.15) is 11.6 Å². The molecule has 1 N–H and O–H groups in total. The number of benzene rings is 1. The predicted molar refractivity (Wildman–Crippen MR) is 130 cm³/mol. The van der Waals surface area contributed by atoms with Crippen LogP contribution in [0.3, 0.4) is 0 Å². The Morgan fingerprint density at radius 2 is 1.71 bits per heavy atom. The summed E-state index contributed by atoms with van der Waals surface area (Å²) in [5.41, 5.74) is 3.05. The van der Waals surface area contributed by atoms with E-state index in [-0.39, 0.29) is 18.7 Å². The first-order valence-electron chi connectivity index (χ1n) is 11.7. The molecule has 0 spiro atoms. The Morgan fingerprint density at radius 3 is 2.38 bits per heavy atom. The van der Waals surface area contributed by atoms with Crippen molar-refractivity contribution in [1.82, 2.24) is 15.0 Å². The number of nitrogens with zero attached hydrogens (tertiary/aromatic N) is 5. The zero-order valence-electron chi connectivity index (χ0n) is 19.9.